The van der Waals surface area contributed by atoms with Gasteiger partial charge in [-0.1, -0.05) is 69.3 Å². The Morgan fingerprint density at radius 3 is 2.41 bits per heavy atom. The molecule has 220 valence electrons. The highest BCUT2D eigenvalue weighted by Crippen LogP contribution is 2.28. The van der Waals surface area contributed by atoms with E-state index in [0.29, 0.717) is 25.2 Å². The van der Waals surface area contributed by atoms with E-state index in [1.807, 2.05) is 90.8 Å². The lowest BCUT2D eigenvalue weighted by molar-refractivity contribution is -0.140. The van der Waals surface area contributed by atoms with Gasteiger partial charge >= 0.3 is 0 Å². The smallest absolute Gasteiger partial charge is 0.256 e. The SMILES string of the molecule is CNC(C)C(=O)NC(C(=O)N1CCCC1CN(CCc1ccccc1)C(=O)c1cn(C)c2ccccc12)C(C)(C)C. The van der Waals surface area contributed by atoms with Crippen LogP contribution in [0.5, 0.6) is 0 Å². The molecule has 1 saturated heterocycles. The number of likely N-dealkylation sites (N-methyl/N-ethyl adjacent to an activating group) is 1. The molecular formula is C33H45N5O3. The third kappa shape index (κ3) is 6.99. The highest BCUT2D eigenvalue weighted by Gasteiger charge is 2.41. The lowest BCUT2D eigenvalue weighted by Crippen LogP contribution is -2.59. The number of carbonyl (C=O) groups excluding carboxylic acids is 3. The van der Waals surface area contributed by atoms with Gasteiger partial charge in [-0.25, -0.2) is 0 Å². The average Bonchev–Trinajstić information content (AvgIpc) is 3.56. The summed E-state index contributed by atoms with van der Waals surface area (Å²) in [4.78, 5) is 44.8. The number of rotatable bonds is 10. The summed E-state index contributed by atoms with van der Waals surface area (Å²) in [5, 5.41) is 6.88. The second-order valence-electron chi connectivity index (χ2n) is 12.3. The number of fused-ring (bicyclic) bond motifs is 1. The number of carbonyl (C=O) groups is 3. The van der Waals surface area contributed by atoms with Crippen molar-refractivity contribution in [2.45, 2.75) is 65.1 Å². The molecule has 2 aromatic carbocycles. The Bertz CT molecular complexity index is 1360. The van der Waals surface area contributed by atoms with Crippen molar-refractivity contribution in [2.75, 3.05) is 26.7 Å². The molecule has 3 unspecified atom stereocenters. The van der Waals surface area contributed by atoms with E-state index in [2.05, 4.69) is 22.8 Å². The third-order valence-corrected chi connectivity index (χ3v) is 8.25. The summed E-state index contributed by atoms with van der Waals surface area (Å²) in [6, 6.07) is 16.9. The minimum atomic E-state index is -0.669. The maximum Gasteiger partial charge on any atom is 0.256 e. The highest BCUT2D eigenvalue weighted by atomic mass is 16.2. The lowest BCUT2D eigenvalue weighted by atomic mass is 9.85. The summed E-state index contributed by atoms with van der Waals surface area (Å²) in [5.74, 6) is -0.315. The lowest BCUT2D eigenvalue weighted by Gasteiger charge is -2.37. The Morgan fingerprint density at radius 2 is 1.73 bits per heavy atom. The molecule has 3 atom stereocenters. The zero-order chi connectivity index (χ0) is 29.7. The minimum absolute atomic E-state index is 0.0273. The van der Waals surface area contributed by atoms with Gasteiger partial charge in [-0.05, 0) is 50.3 Å². The highest BCUT2D eigenvalue weighted by molar-refractivity contribution is 6.07. The summed E-state index contributed by atoms with van der Waals surface area (Å²) >= 11 is 0. The minimum Gasteiger partial charge on any atom is -0.350 e. The molecule has 8 nitrogen and oxygen atoms in total. The second-order valence-corrected chi connectivity index (χ2v) is 12.3. The Hall–Kier alpha value is -3.65. The van der Waals surface area contributed by atoms with Crippen molar-refractivity contribution < 1.29 is 14.4 Å². The molecule has 0 bridgehead atoms. The van der Waals surface area contributed by atoms with Crippen LogP contribution in [0.3, 0.4) is 0 Å². The van der Waals surface area contributed by atoms with Crippen LogP contribution in [0.4, 0.5) is 0 Å². The number of aryl methyl sites for hydroxylation is 1. The van der Waals surface area contributed by atoms with Crippen LogP contribution in [0.2, 0.25) is 0 Å². The number of nitrogens with zero attached hydrogens (tertiary/aromatic N) is 3. The number of likely N-dealkylation sites (tertiary alicyclic amines) is 1. The normalized spacial score (nSPS) is 16.9. The number of para-hydroxylation sites is 1. The fraction of sp³-hybridized carbons (Fsp3) is 0.485. The Balaban J connectivity index is 1.60. The molecule has 4 rings (SSSR count). The number of hydrogen-bond donors (Lipinski definition) is 2. The predicted molar refractivity (Wildman–Crippen MR) is 164 cm³/mol. The van der Waals surface area contributed by atoms with Crippen molar-refractivity contribution in [3.63, 3.8) is 0 Å². The fourth-order valence-electron chi connectivity index (χ4n) is 5.65. The van der Waals surface area contributed by atoms with Gasteiger partial charge in [-0.15, -0.1) is 0 Å². The van der Waals surface area contributed by atoms with E-state index in [1.165, 1.54) is 0 Å². The summed E-state index contributed by atoms with van der Waals surface area (Å²) in [7, 11) is 3.69. The molecule has 0 aliphatic carbocycles. The third-order valence-electron chi connectivity index (χ3n) is 8.25. The Kier molecular flexibility index (Phi) is 9.53. The van der Waals surface area contributed by atoms with Gasteiger partial charge in [0.2, 0.25) is 11.8 Å². The van der Waals surface area contributed by atoms with Crippen LogP contribution < -0.4 is 10.6 Å². The molecule has 1 aliphatic rings. The van der Waals surface area contributed by atoms with Crippen LogP contribution in [-0.4, -0.2) is 76.9 Å². The first kappa shape index (κ1) is 30.3. The van der Waals surface area contributed by atoms with Crippen molar-refractivity contribution >= 4 is 28.6 Å². The molecule has 1 aromatic heterocycles. The first-order valence-electron chi connectivity index (χ1n) is 14.7. The number of nitrogens with one attached hydrogen (secondary N) is 2. The van der Waals surface area contributed by atoms with Crippen LogP contribution in [0.15, 0.2) is 60.8 Å². The Morgan fingerprint density at radius 1 is 1.05 bits per heavy atom. The van der Waals surface area contributed by atoms with Crippen molar-refractivity contribution in [1.29, 1.82) is 0 Å². The van der Waals surface area contributed by atoms with Gasteiger partial charge in [-0.2, -0.15) is 0 Å². The van der Waals surface area contributed by atoms with Crippen LogP contribution in [0.25, 0.3) is 10.9 Å². The van der Waals surface area contributed by atoms with Crippen molar-refractivity contribution in [2.24, 2.45) is 12.5 Å². The quantitative estimate of drug-likeness (QED) is 0.393. The van der Waals surface area contributed by atoms with E-state index in [9.17, 15) is 14.4 Å². The average molecular weight is 560 g/mol. The second kappa shape index (κ2) is 12.9. The van der Waals surface area contributed by atoms with Gasteiger partial charge in [0.15, 0.2) is 0 Å². The van der Waals surface area contributed by atoms with Gasteiger partial charge in [-0.3, -0.25) is 14.4 Å². The molecule has 0 saturated carbocycles. The van der Waals surface area contributed by atoms with Gasteiger partial charge in [0.25, 0.3) is 5.91 Å². The topological polar surface area (TPSA) is 86.7 Å². The summed E-state index contributed by atoms with van der Waals surface area (Å²) in [5.41, 5.74) is 2.37. The molecule has 3 amide bonds. The molecule has 3 aromatic rings. The van der Waals surface area contributed by atoms with Gasteiger partial charge in [0, 0.05) is 49.8 Å². The standard InChI is InChI=1S/C33H45N5O3/c1-23(34-5)30(39)35-29(33(2,3)4)32(41)38-19-12-15-25(38)21-37(20-18-24-13-8-7-9-14-24)31(40)27-22-36(6)28-17-11-10-16-26(27)28/h7-11,13-14,16-17,22-23,25,29,34H,12,15,18-21H2,1-6H3,(H,35,39). The van der Waals surface area contributed by atoms with E-state index in [4.69, 9.17) is 0 Å². The van der Waals surface area contributed by atoms with Gasteiger partial charge < -0.3 is 25.0 Å². The van der Waals surface area contributed by atoms with Crippen LogP contribution in [-0.2, 0) is 23.1 Å². The molecule has 2 N–H and O–H groups in total. The molecule has 1 aliphatic heterocycles. The summed E-state index contributed by atoms with van der Waals surface area (Å²) in [6.45, 7) is 9.30. The largest absolute Gasteiger partial charge is 0.350 e. The van der Waals surface area contributed by atoms with E-state index >= 15 is 0 Å². The van der Waals surface area contributed by atoms with Gasteiger partial charge in [0.1, 0.15) is 6.04 Å². The molecular weight excluding hydrogens is 514 g/mol. The molecule has 1 fully saturated rings. The summed E-state index contributed by atoms with van der Waals surface area (Å²) < 4.78 is 1.99. The van der Waals surface area contributed by atoms with E-state index in [-0.39, 0.29) is 23.8 Å². The summed E-state index contributed by atoms with van der Waals surface area (Å²) in [6.07, 6.45) is 4.31. The van der Waals surface area contributed by atoms with Crippen molar-refractivity contribution in [3.8, 4) is 0 Å². The molecule has 2 heterocycles. The first-order valence-corrected chi connectivity index (χ1v) is 14.7. The first-order chi connectivity index (χ1) is 19.5. The number of amides is 3. The monoisotopic (exact) mass is 559 g/mol. The predicted octanol–water partition coefficient (Wildman–Crippen LogP) is 3.99. The molecule has 0 spiro atoms. The van der Waals surface area contributed by atoms with Gasteiger partial charge in [0.05, 0.1) is 11.6 Å². The van der Waals surface area contributed by atoms with E-state index < -0.39 is 17.5 Å². The number of benzene rings is 2. The fourth-order valence-corrected chi connectivity index (χ4v) is 5.65. The number of aromatic nitrogens is 1. The maximum absolute atomic E-state index is 14.1. The zero-order valence-corrected chi connectivity index (χ0v) is 25.3. The maximum atomic E-state index is 14.1. The van der Waals surface area contributed by atoms with E-state index in [0.717, 1.165) is 35.7 Å². The van der Waals surface area contributed by atoms with Crippen molar-refractivity contribution in [1.82, 2.24) is 25.0 Å². The Labute approximate surface area is 244 Å². The molecule has 8 heteroatoms. The van der Waals surface area contributed by atoms with Crippen LogP contribution >= 0.6 is 0 Å². The van der Waals surface area contributed by atoms with E-state index in [1.54, 1.807) is 14.0 Å². The molecule has 41 heavy (non-hydrogen) atoms. The van der Waals surface area contributed by atoms with Crippen LogP contribution in [0.1, 0.15) is 56.5 Å². The van der Waals surface area contributed by atoms with Crippen LogP contribution in [0, 0.1) is 5.41 Å². The van der Waals surface area contributed by atoms with Crippen molar-refractivity contribution in [3.05, 3.63) is 71.9 Å². The zero-order valence-electron chi connectivity index (χ0n) is 25.3. The molecule has 0 radical (unpaired) electrons. The number of hydrogen-bond acceptors (Lipinski definition) is 4.